The minimum atomic E-state index is -0.807. The molecule has 3 nitrogen and oxygen atoms in total. The third-order valence-corrected chi connectivity index (χ3v) is 1.63. The van der Waals surface area contributed by atoms with Gasteiger partial charge in [-0.05, 0) is 19.3 Å². The van der Waals surface area contributed by atoms with Gasteiger partial charge in [0, 0.05) is 12.3 Å². The van der Waals surface area contributed by atoms with Crippen molar-refractivity contribution in [1.82, 2.24) is 0 Å². The zero-order chi connectivity index (χ0) is 9.40. The smallest absolute Gasteiger partial charge is 0.303 e. The standard InChI is InChI=1S/C9H14O3/c1-2-4-8(7-10)5-3-6-9(11)12/h2,7-8H,1,3-6H2,(H,11,12). The number of aldehydes is 1. The average Bonchev–Trinajstić information content (AvgIpc) is 2.02. The van der Waals surface area contributed by atoms with Gasteiger partial charge in [0.25, 0.3) is 0 Å². The maximum absolute atomic E-state index is 10.4. The Labute approximate surface area is 72.1 Å². The Morgan fingerprint density at radius 2 is 2.25 bits per heavy atom. The lowest BCUT2D eigenvalue weighted by molar-refractivity contribution is -0.137. The van der Waals surface area contributed by atoms with Crippen LogP contribution in [0.15, 0.2) is 12.7 Å². The molecule has 0 aromatic carbocycles. The van der Waals surface area contributed by atoms with E-state index in [0.29, 0.717) is 19.3 Å². The van der Waals surface area contributed by atoms with Crippen molar-refractivity contribution in [2.24, 2.45) is 5.92 Å². The van der Waals surface area contributed by atoms with Crippen LogP contribution in [0.2, 0.25) is 0 Å². The fourth-order valence-electron chi connectivity index (χ4n) is 0.971. The number of hydrogen-bond donors (Lipinski definition) is 1. The van der Waals surface area contributed by atoms with E-state index in [1.165, 1.54) is 0 Å². The van der Waals surface area contributed by atoms with Crippen molar-refractivity contribution in [2.45, 2.75) is 25.7 Å². The van der Waals surface area contributed by atoms with Crippen LogP contribution in [0.3, 0.4) is 0 Å². The van der Waals surface area contributed by atoms with Gasteiger partial charge >= 0.3 is 5.97 Å². The molecular formula is C9H14O3. The van der Waals surface area contributed by atoms with E-state index in [-0.39, 0.29) is 12.3 Å². The molecular weight excluding hydrogens is 156 g/mol. The molecule has 12 heavy (non-hydrogen) atoms. The fourth-order valence-corrected chi connectivity index (χ4v) is 0.971. The summed E-state index contributed by atoms with van der Waals surface area (Å²) in [4.78, 5) is 20.5. The molecule has 1 atom stereocenters. The summed E-state index contributed by atoms with van der Waals surface area (Å²) < 4.78 is 0. The van der Waals surface area contributed by atoms with Crippen LogP contribution < -0.4 is 0 Å². The molecule has 0 aliphatic carbocycles. The van der Waals surface area contributed by atoms with Crippen molar-refractivity contribution in [3.05, 3.63) is 12.7 Å². The zero-order valence-corrected chi connectivity index (χ0v) is 7.03. The molecule has 0 amide bonds. The van der Waals surface area contributed by atoms with Gasteiger partial charge in [0.1, 0.15) is 6.29 Å². The molecule has 1 unspecified atom stereocenters. The number of aliphatic carboxylic acids is 1. The van der Waals surface area contributed by atoms with Gasteiger partial charge in [0.15, 0.2) is 0 Å². The number of carbonyl (C=O) groups is 2. The molecule has 0 bridgehead atoms. The highest BCUT2D eigenvalue weighted by Crippen LogP contribution is 2.10. The molecule has 0 rings (SSSR count). The molecule has 0 aliphatic rings. The van der Waals surface area contributed by atoms with E-state index in [1.807, 2.05) is 0 Å². The predicted molar refractivity (Wildman–Crippen MR) is 45.9 cm³/mol. The SMILES string of the molecule is C=CCC(C=O)CCCC(=O)O. The summed E-state index contributed by atoms with van der Waals surface area (Å²) in [6.45, 7) is 3.52. The Bertz CT molecular complexity index is 163. The summed E-state index contributed by atoms with van der Waals surface area (Å²) in [5.41, 5.74) is 0. The predicted octanol–water partition coefficient (Wildman–Crippen LogP) is 1.63. The van der Waals surface area contributed by atoms with E-state index in [0.717, 1.165) is 6.29 Å². The molecule has 0 heterocycles. The van der Waals surface area contributed by atoms with Gasteiger partial charge in [-0.1, -0.05) is 6.08 Å². The van der Waals surface area contributed by atoms with Crippen molar-refractivity contribution < 1.29 is 14.7 Å². The minimum absolute atomic E-state index is 0.0538. The summed E-state index contributed by atoms with van der Waals surface area (Å²) >= 11 is 0. The van der Waals surface area contributed by atoms with E-state index >= 15 is 0 Å². The van der Waals surface area contributed by atoms with Crippen LogP contribution in [0.4, 0.5) is 0 Å². The number of carboxylic acid groups (broad SMARTS) is 1. The first kappa shape index (κ1) is 10.9. The lowest BCUT2D eigenvalue weighted by atomic mass is 10.0. The molecule has 0 saturated heterocycles. The minimum Gasteiger partial charge on any atom is -0.481 e. The highest BCUT2D eigenvalue weighted by molar-refractivity contribution is 5.66. The van der Waals surface area contributed by atoms with Gasteiger partial charge in [-0.15, -0.1) is 6.58 Å². The van der Waals surface area contributed by atoms with Crippen LogP contribution in [0.25, 0.3) is 0 Å². The van der Waals surface area contributed by atoms with Crippen molar-refractivity contribution in [3.63, 3.8) is 0 Å². The highest BCUT2D eigenvalue weighted by atomic mass is 16.4. The molecule has 0 aromatic rings. The van der Waals surface area contributed by atoms with Gasteiger partial charge < -0.3 is 9.90 Å². The summed E-state index contributed by atoms with van der Waals surface area (Å²) in [6, 6.07) is 0. The number of carbonyl (C=O) groups excluding carboxylic acids is 1. The summed E-state index contributed by atoms with van der Waals surface area (Å²) in [5, 5.41) is 8.32. The topological polar surface area (TPSA) is 54.4 Å². The van der Waals surface area contributed by atoms with Crippen LogP contribution in [-0.4, -0.2) is 17.4 Å². The molecule has 0 radical (unpaired) electrons. The molecule has 0 aliphatic heterocycles. The molecule has 0 fully saturated rings. The number of carboxylic acids is 1. The maximum Gasteiger partial charge on any atom is 0.303 e. The molecule has 1 N–H and O–H groups in total. The molecule has 68 valence electrons. The molecule has 0 saturated carbocycles. The Morgan fingerprint density at radius 1 is 1.58 bits per heavy atom. The Morgan fingerprint density at radius 3 is 2.67 bits per heavy atom. The van der Waals surface area contributed by atoms with Crippen LogP contribution >= 0.6 is 0 Å². The van der Waals surface area contributed by atoms with Gasteiger partial charge in [-0.25, -0.2) is 0 Å². The highest BCUT2D eigenvalue weighted by Gasteiger charge is 2.05. The van der Waals surface area contributed by atoms with Crippen molar-refractivity contribution >= 4 is 12.3 Å². The summed E-state index contributed by atoms with van der Waals surface area (Å²) in [5.74, 6) is -0.861. The average molecular weight is 170 g/mol. The summed E-state index contributed by atoms with van der Waals surface area (Å²) in [7, 11) is 0. The van der Waals surface area contributed by atoms with Crippen LogP contribution in [0.1, 0.15) is 25.7 Å². The second kappa shape index (κ2) is 6.58. The van der Waals surface area contributed by atoms with Crippen LogP contribution in [0.5, 0.6) is 0 Å². The van der Waals surface area contributed by atoms with E-state index in [1.54, 1.807) is 6.08 Å². The number of rotatable bonds is 7. The first-order chi connectivity index (χ1) is 5.70. The quantitative estimate of drug-likeness (QED) is 0.466. The van der Waals surface area contributed by atoms with Crippen molar-refractivity contribution in [3.8, 4) is 0 Å². The van der Waals surface area contributed by atoms with Crippen molar-refractivity contribution in [1.29, 1.82) is 0 Å². The van der Waals surface area contributed by atoms with Crippen LogP contribution in [0, 0.1) is 5.92 Å². The van der Waals surface area contributed by atoms with Gasteiger partial charge in [-0.2, -0.15) is 0 Å². The first-order valence-electron chi connectivity index (χ1n) is 3.98. The summed E-state index contributed by atoms with van der Waals surface area (Å²) in [6.07, 6.45) is 4.53. The lowest BCUT2D eigenvalue weighted by Gasteiger charge is -2.04. The van der Waals surface area contributed by atoms with Crippen LogP contribution in [-0.2, 0) is 9.59 Å². The Hall–Kier alpha value is -1.12. The van der Waals surface area contributed by atoms with Gasteiger partial charge in [0.2, 0.25) is 0 Å². The largest absolute Gasteiger partial charge is 0.481 e. The number of allylic oxidation sites excluding steroid dienone is 1. The fraction of sp³-hybridized carbons (Fsp3) is 0.556. The molecule has 0 spiro atoms. The maximum atomic E-state index is 10.4. The monoisotopic (exact) mass is 170 g/mol. The van der Waals surface area contributed by atoms with E-state index in [2.05, 4.69) is 6.58 Å². The molecule has 0 aromatic heterocycles. The second-order valence-electron chi connectivity index (χ2n) is 2.71. The normalized spacial score (nSPS) is 12.0. The Kier molecular flexibility index (Phi) is 5.97. The van der Waals surface area contributed by atoms with E-state index in [4.69, 9.17) is 5.11 Å². The number of hydrogen-bond acceptors (Lipinski definition) is 2. The first-order valence-corrected chi connectivity index (χ1v) is 3.98. The lowest BCUT2D eigenvalue weighted by Crippen LogP contribution is -2.02. The van der Waals surface area contributed by atoms with Gasteiger partial charge in [0.05, 0.1) is 0 Å². The van der Waals surface area contributed by atoms with E-state index < -0.39 is 5.97 Å². The zero-order valence-electron chi connectivity index (χ0n) is 7.03. The third-order valence-electron chi connectivity index (χ3n) is 1.63. The second-order valence-corrected chi connectivity index (χ2v) is 2.71. The van der Waals surface area contributed by atoms with E-state index in [9.17, 15) is 9.59 Å². The third kappa shape index (κ3) is 5.65. The Balaban J connectivity index is 3.50. The molecule has 3 heteroatoms. The van der Waals surface area contributed by atoms with Crippen molar-refractivity contribution in [2.75, 3.05) is 0 Å². The van der Waals surface area contributed by atoms with Gasteiger partial charge in [-0.3, -0.25) is 4.79 Å².